The lowest BCUT2D eigenvalue weighted by atomic mass is 9.97. The zero-order valence-corrected chi connectivity index (χ0v) is 16.5. The quantitative estimate of drug-likeness (QED) is 0.268. The van der Waals surface area contributed by atoms with Crippen LogP contribution in [0.1, 0.15) is 15.9 Å². The minimum absolute atomic E-state index is 0.248. The number of rotatable bonds is 4. The van der Waals surface area contributed by atoms with Gasteiger partial charge in [-0.2, -0.15) is 0 Å². The number of ether oxygens (including phenoxy) is 1. The highest BCUT2D eigenvalue weighted by atomic mass is 16.5. The molecule has 0 aliphatic carbocycles. The number of benzene rings is 4. The van der Waals surface area contributed by atoms with Crippen molar-refractivity contribution in [2.24, 2.45) is 0 Å². The van der Waals surface area contributed by atoms with Gasteiger partial charge < -0.3 is 4.74 Å². The summed E-state index contributed by atoms with van der Waals surface area (Å²) in [6.07, 6.45) is 0. The minimum atomic E-state index is -0.301. The molecule has 140 valence electrons. The Labute approximate surface area is 165 Å². The van der Waals surface area contributed by atoms with Crippen molar-refractivity contribution in [2.45, 2.75) is 6.61 Å². The number of quaternary nitrogens is 1. The van der Waals surface area contributed by atoms with Gasteiger partial charge >= 0.3 is 5.97 Å². The Kier molecular flexibility index (Phi) is 4.62. The number of nitrogens with zero attached hydrogens (tertiary/aromatic N) is 1. The average Bonchev–Trinajstić information content (AvgIpc) is 2.70. The number of carbonyl (C=O) groups excluding carboxylic acids is 1. The highest BCUT2D eigenvalue weighted by molar-refractivity contribution is 6.02. The standard InChI is InChI=1S/C25H24NO2/c1-26(2,3)21-14-12-18(13-15-21)25(27)28-17-24-22-10-6-4-8-19(22)16-20-9-5-7-11-23(20)24/h4-16H,17H2,1-3H3/q+1. The van der Waals surface area contributed by atoms with E-state index < -0.39 is 0 Å². The molecule has 0 fully saturated rings. The number of carbonyl (C=O) groups is 1. The first-order valence-corrected chi connectivity index (χ1v) is 9.42. The summed E-state index contributed by atoms with van der Waals surface area (Å²) >= 11 is 0. The van der Waals surface area contributed by atoms with Crippen LogP contribution in [0.5, 0.6) is 0 Å². The Morgan fingerprint density at radius 3 is 1.86 bits per heavy atom. The van der Waals surface area contributed by atoms with Crippen LogP contribution in [0.2, 0.25) is 0 Å². The van der Waals surface area contributed by atoms with Gasteiger partial charge in [0.2, 0.25) is 0 Å². The van der Waals surface area contributed by atoms with Crippen molar-refractivity contribution in [1.29, 1.82) is 0 Å². The van der Waals surface area contributed by atoms with Crippen molar-refractivity contribution in [1.82, 2.24) is 4.48 Å². The van der Waals surface area contributed by atoms with Crippen molar-refractivity contribution in [3.63, 3.8) is 0 Å². The highest BCUT2D eigenvalue weighted by Crippen LogP contribution is 2.29. The maximum Gasteiger partial charge on any atom is 0.338 e. The van der Waals surface area contributed by atoms with Gasteiger partial charge in [-0.05, 0) is 51.9 Å². The fourth-order valence-electron chi connectivity index (χ4n) is 3.53. The van der Waals surface area contributed by atoms with Gasteiger partial charge in [0.05, 0.1) is 26.7 Å². The van der Waals surface area contributed by atoms with Crippen LogP contribution in [-0.4, -0.2) is 27.1 Å². The number of fused-ring (bicyclic) bond motifs is 2. The second kappa shape index (κ2) is 7.10. The van der Waals surface area contributed by atoms with Gasteiger partial charge in [0.25, 0.3) is 0 Å². The SMILES string of the molecule is C[N+](C)(C)c1ccc(C(=O)OCc2c3ccccc3cc3ccccc23)cc1. The van der Waals surface area contributed by atoms with Crippen LogP contribution in [0.3, 0.4) is 0 Å². The molecule has 4 aromatic carbocycles. The molecular formula is C25H24NO2+. The molecule has 0 heterocycles. The Morgan fingerprint density at radius 2 is 1.32 bits per heavy atom. The average molecular weight is 370 g/mol. The molecule has 4 aromatic rings. The van der Waals surface area contributed by atoms with Crippen molar-refractivity contribution < 1.29 is 9.53 Å². The van der Waals surface area contributed by atoms with Crippen molar-refractivity contribution in [3.8, 4) is 0 Å². The van der Waals surface area contributed by atoms with Crippen LogP contribution in [-0.2, 0) is 11.3 Å². The van der Waals surface area contributed by atoms with Crippen LogP contribution in [0.25, 0.3) is 21.5 Å². The van der Waals surface area contributed by atoms with E-state index in [9.17, 15) is 4.79 Å². The third kappa shape index (κ3) is 3.49. The largest absolute Gasteiger partial charge is 0.457 e. The van der Waals surface area contributed by atoms with Crippen molar-refractivity contribution in [3.05, 3.63) is 90.0 Å². The molecule has 3 heteroatoms. The minimum Gasteiger partial charge on any atom is -0.457 e. The smallest absolute Gasteiger partial charge is 0.338 e. The lowest BCUT2D eigenvalue weighted by Gasteiger charge is -2.23. The van der Waals surface area contributed by atoms with E-state index in [2.05, 4.69) is 51.5 Å². The number of hydrogen-bond acceptors (Lipinski definition) is 2. The van der Waals surface area contributed by atoms with E-state index in [1.165, 1.54) is 0 Å². The first-order valence-electron chi connectivity index (χ1n) is 9.42. The Balaban J connectivity index is 1.64. The number of esters is 1. The molecule has 0 aliphatic heterocycles. The highest BCUT2D eigenvalue weighted by Gasteiger charge is 2.15. The molecule has 0 aromatic heterocycles. The molecule has 0 radical (unpaired) electrons. The Morgan fingerprint density at radius 1 is 0.786 bits per heavy atom. The zero-order valence-electron chi connectivity index (χ0n) is 16.5. The lowest BCUT2D eigenvalue weighted by Crippen LogP contribution is -2.34. The summed E-state index contributed by atoms with van der Waals surface area (Å²) in [7, 11) is 6.29. The zero-order chi connectivity index (χ0) is 19.7. The summed E-state index contributed by atoms with van der Waals surface area (Å²) in [5, 5.41) is 4.54. The van der Waals surface area contributed by atoms with E-state index in [4.69, 9.17) is 4.74 Å². The molecular weight excluding hydrogens is 346 g/mol. The number of hydrogen-bond donors (Lipinski definition) is 0. The van der Waals surface area contributed by atoms with Crippen LogP contribution in [0, 0.1) is 0 Å². The molecule has 4 rings (SSSR count). The molecule has 0 bridgehead atoms. The predicted molar refractivity (Wildman–Crippen MR) is 117 cm³/mol. The molecule has 28 heavy (non-hydrogen) atoms. The molecule has 0 amide bonds. The maximum atomic E-state index is 12.6. The van der Waals surface area contributed by atoms with E-state index in [0.29, 0.717) is 10.0 Å². The summed E-state index contributed by atoms with van der Waals surface area (Å²) in [4.78, 5) is 12.6. The van der Waals surface area contributed by atoms with E-state index in [0.717, 1.165) is 32.8 Å². The molecule has 0 unspecified atom stereocenters. The summed E-state index contributed by atoms with van der Waals surface area (Å²) in [5.74, 6) is -0.301. The second-order valence-corrected chi connectivity index (χ2v) is 7.93. The molecule has 0 saturated carbocycles. The van der Waals surface area contributed by atoms with E-state index in [1.54, 1.807) is 0 Å². The molecule has 0 N–H and O–H groups in total. The van der Waals surface area contributed by atoms with E-state index >= 15 is 0 Å². The topological polar surface area (TPSA) is 26.3 Å². The van der Waals surface area contributed by atoms with Gasteiger partial charge in [0.15, 0.2) is 0 Å². The molecule has 0 spiro atoms. The Hall–Kier alpha value is -3.17. The third-order valence-electron chi connectivity index (χ3n) is 5.11. The van der Waals surface area contributed by atoms with Gasteiger partial charge in [-0.1, -0.05) is 48.5 Å². The predicted octanol–water partition coefficient (Wildman–Crippen LogP) is 5.55. The van der Waals surface area contributed by atoms with Gasteiger partial charge in [0, 0.05) is 5.56 Å². The van der Waals surface area contributed by atoms with Gasteiger partial charge in [-0.3, -0.25) is 4.48 Å². The fraction of sp³-hybridized carbons (Fsp3) is 0.160. The monoisotopic (exact) mass is 370 g/mol. The third-order valence-corrected chi connectivity index (χ3v) is 5.11. The summed E-state index contributed by atoms with van der Waals surface area (Å²) in [6, 6.07) is 26.3. The van der Waals surface area contributed by atoms with Crippen molar-refractivity contribution in [2.75, 3.05) is 21.1 Å². The maximum absolute atomic E-state index is 12.6. The van der Waals surface area contributed by atoms with Crippen LogP contribution >= 0.6 is 0 Å². The molecule has 3 nitrogen and oxygen atoms in total. The van der Waals surface area contributed by atoms with Crippen molar-refractivity contribution >= 4 is 33.2 Å². The molecule has 0 aliphatic rings. The van der Waals surface area contributed by atoms with Gasteiger partial charge in [0.1, 0.15) is 12.3 Å². The van der Waals surface area contributed by atoms with E-state index in [-0.39, 0.29) is 12.6 Å². The van der Waals surface area contributed by atoms with Gasteiger partial charge in [-0.15, -0.1) is 0 Å². The summed E-state index contributed by atoms with van der Waals surface area (Å²) in [5.41, 5.74) is 2.75. The van der Waals surface area contributed by atoms with Gasteiger partial charge in [-0.25, -0.2) is 4.79 Å². The lowest BCUT2D eigenvalue weighted by molar-refractivity contribution is 0.0476. The van der Waals surface area contributed by atoms with E-state index in [1.807, 2.05) is 48.5 Å². The molecule has 0 saturated heterocycles. The molecule has 0 atom stereocenters. The van der Waals surface area contributed by atoms with Crippen LogP contribution in [0.15, 0.2) is 78.9 Å². The summed E-state index contributed by atoms with van der Waals surface area (Å²) < 4.78 is 6.42. The van der Waals surface area contributed by atoms with Crippen LogP contribution in [0.4, 0.5) is 5.69 Å². The first-order chi connectivity index (χ1) is 13.4. The summed E-state index contributed by atoms with van der Waals surface area (Å²) in [6.45, 7) is 0.248. The van der Waals surface area contributed by atoms with Crippen LogP contribution < -0.4 is 4.48 Å². The Bertz CT molecular complexity index is 1100. The normalized spacial score (nSPS) is 11.7. The first kappa shape index (κ1) is 18.2. The fourth-order valence-corrected chi connectivity index (χ4v) is 3.53. The second-order valence-electron chi connectivity index (χ2n) is 7.93.